The van der Waals surface area contributed by atoms with Crippen molar-refractivity contribution in [2.75, 3.05) is 0 Å². The standard InChI is InChI=1S/C7H6ClFN2O/c8-6-4(3-5(10)12)1-2-11-7(6)9/h1-2H,3H2,(H2,10,12). The minimum absolute atomic E-state index is 0.0712. The molecule has 0 atom stereocenters. The van der Waals surface area contributed by atoms with Gasteiger partial charge in [0.15, 0.2) is 0 Å². The fourth-order valence-corrected chi connectivity index (χ4v) is 0.958. The molecule has 0 aliphatic heterocycles. The summed E-state index contributed by atoms with van der Waals surface area (Å²) in [6.45, 7) is 0. The van der Waals surface area contributed by atoms with Crippen LogP contribution in [0.25, 0.3) is 0 Å². The molecule has 2 N–H and O–H groups in total. The number of hydrogen-bond acceptors (Lipinski definition) is 2. The van der Waals surface area contributed by atoms with Gasteiger partial charge in [0.25, 0.3) is 0 Å². The van der Waals surface area contributed by atoms with Crippen molar-refractivity contribution < 1.29 is 9.18 Å². The molecule has 1 aromatic heterocycles. The normalized spacial score (nSPS) is 9.83. The smallest absolute Gasteiger partial charge is 0.231 e. The molecule has 1 heterocycles. The van der Waals surface area contributed by atoms with Gasteiger partial charge in [0.1, 0.15) is 0 Å². The Kier molecular flexibility index (Phi) is 2.60. The Morgan fingerprint density at radius 3 is 3.00 bits per heavy atom. The first kappa shape index (κ1) is 8.93. The van der Waals surface area contributed by atoms with Gasteiger partial charge in [-0.1, -0.05) is 11.6 Å². The molecule has 1 rings (SSSR count). The molecule has 5 heteroatoms. The van der Waals surface area contributed by atoms with E-state index in [1.54, 1.807) is 0 Å². The molecule has 0 aromatic carbocycles. The van der Waals surface area contributed by atoms with E-state index in [1.807, 2.05) is 0 Å². The Balaban J connectivity index is 3.00. The van der Waals surface area contributed by atoms with Crippen molar-refractivity contribution in [2.24, 2.45) is 5.73 Å². The Bertz CT molecular complexity index is 316. The molecule has 12 heavy (non-hydrogen) atoms. The summed E-state index contributed by atoms with van der Waals surface area (Å²) in [4.78, 5) is 13.7. The first-order valence-electron chi connectivity index (χ1n) is 3.18. The van der Waals surface area contributed by atoms with Crippen LogP contribution in [0.3, 0.4) is 0 Å². The number of pyridine rings is 1. The lowest BCUT2D eigenvalue weighted by atomic mass is 10.2. The number of carbonyl (C=O) groups is 1. The number of rotatable bonds is 2. The van der Waals surface area contributed by atoms with Crippen LogP contribution < -0.4 is 5.73 Å². The van der Waals surface area contributed by atoms with E-state index >= 15 is 0 Å². The van der Waals surface area contributed by atoms with Crippen LogP contribution >= 0.6 is 11.6 Å². The lowest BCUT2D eigenvalue weighted by molar-refractivity contribution is -0.117. The largest absolute Gasteiger partial charge is 0.369 e. The number of primary amides is 1. The van der Waals surface area contributed by atoms with Crippen LogP contribution in [0.5, 0.6) is 0 Å². The number of hydrogen-bond donors (Lipinski definition) is 1. The fourth-order valence-electron chi connectivity index (χ4n) is 0.779. The van der Waals surface area contributed by atoms with Crippen LogP contribution in [0.2, 0.25) is 5.02 Å². The predicted octanol–water partition coefficient (Wildman–Crippen LogP) is 0.902. The van der Waals surface area contributed by atoms with Crippen molar-refractivity contribution in [3.05, 3.63) is 28.8 Å². The number of carbonyl (C=O) groups excluding carboxylic acids is 1. The van der Waals surface area contributed by atoms with Gasteiger partial charge in [0, 0.05) is 6.20 Å². The van der Waals surface area contributed by atoms with Crippen LogP contribution in [0.4, 0.5) is 4.39 Å². The first-order valence-corrected chi connectivity index (χ1v) is 3.56. The molecular formula is C7H6ClFN2O. The Hall–Kier alpha value is -1.16. The maximum atomic E-state index is 12.6. The molecule has 3 nitrogen and oxygen atoms in total. The van der Waals surface area contributed by atoms with Crippen molar-refractivity contribution in [1.29, 1.82) is 0 Å². The van der Waals surface area contributed by atoms with E-state index < -0.39 is 11.9 Å². The second-order valence-electron chi connectivity index (χ2n) is 2.22. The highest BCUT2D eigenvalue weighted by Gasteiger charge is 2.08. The van der Waals surface area contributed by atoms with Crippen molar-refractivity contribution in [1.82, 2.24) is 4.98 Å². The Labute approximate surface area is 73.4 Å². The molecule has 1 aromatic rings. The molecule has 64 valence electrons. The lowest BCUT2D eigenvalue weighted by Crippen LogP contribution is -2.14. The van der Waals surface area contributed by atoms with Crippen LogP contribution in [-0.2, 0) is 11.2 Å². The molecule has 0 bridgehead atoms. The molecule has 1 amide bonds. The third kappa shape index (κ3) is 1.92. The number of halogens is 2. The molecular weight excluding hydrogens is 183 g/mol. The summed E-state index contributed by atoms with van der Waals surface area (Å²) >= 11 is 5.49. The van der Waals surface area contributed by atoms with Crippen molar-refractivity contribution >= 4 is 17.5 Å². The summed E-state index contributed by atoms with van der Waals surface area (Å²) in [5, 5.41) is -0.142. The van der Waals surface area contributed by atoms with E-state index in [-0.39, 0.29) is 11.4 Å². The van der Waals surface area contributed by atoms with E-state index in [4.69, 9.17) is 17.3 Å². The van der Waals surface area contributed by atoms with Gasteiger partial charge >= 0.3 is 0 Å². The molecule has 0 saturated carbocycles. The average Bonchev–Trinajstić information content (AvgIpc) is 1.98. The zero-order chi connectivity index (χ0) is 9.14. The van der Waals surface area contributed by atoms with Gasteiger partial charge in [0.2, 0.25) is 11.9 Å². The highest BCUT2D eigenvalue weighted by Crippen LogP contribution is 2.17. The van der Waals surface area contributed by atoms with Gasteiger partial charge in [0.05, 0.1) is 11.4 Å². The molecule has 0 aliphatic carbocycles. The number of nitrogens with zero attached hydrogens (tertiary/aromatic N) is 1. The van der Waals surface area contributed by atoms with Crippen molar-refractivity contribution in [2.45, 2.75) is 6.42 Å². The van der Waals surface area contributed by atoms with Gasteiger partial charge in [-0.2, -0.15) is 4.39 Å². The number of aromatic nitrogens is 1. The summed E-state index contributed by atoms with van der Waals surface area (Å²) < 4.78 is 12.6. The highest BCUT2D eigenvalue weighted by molar-refractivity contribution is 6.31. The summed E-state index contributed by atoms with van der Waals surface area (Å²) in [6.07, 6.45) is 1.16. The SMILES string of the molecule is NC(=O)Cc1ccnc(F)c1Cl. The maximum Gasteiger partial charge on any atom is 0.231 e. The zero-order valence-corrected chi connectivity index (χ0v) is 6.81. The maximum absolute atomic E-state index is 12.6. The topological polar surface area (TPSA) is 56.0 Å². The average molecular weight is 189 g/mol. The summed E-state index contributed by atoms with van der Waals surface area (Å²) in [6, 6.07) is 1.45. The molecule has 0 unspecified atom stereocenters. The van der Waals surface area contributed by atoms with Gasteiger partial charge < -0.3 is 5.73 Å². The first-order chi connectivity index (χ1) is 5.61. The van der Waals surface area contributed by atoms with Crippen LogP contribution in [0.15, 0.2) is 12.3 Å². The zero-order valence-electron chi connectivity index (χ0n) is 6.05. The minimum Gasteiger partial charge on any atom is -0.369 e. The van der Waals surface area contributed by atoms with E-state index in [9.17, 15) is 9.18 Å². The van der Waals surface area contributed by atoms with Gasteiger partial charge in [-0.05, 0) is 11.6 Å². The molecule has 0 radical (unpaired) electrons. The van der Waals surface area contributed by atoms with E-state index in [0.29, 0.717) is 5.56 Å². The number of amides is 1. The third-order valence-corrected chi connectivity index (χ3v) is 1.69. The summed E-state index contributed by atoms with van der Waals surface area (Å²) in [7, 11) is 0. The van der Waals surface area contributed by atoms with Crippen LogP contribution in [0, 0.1) is 5.95 Å². The molecule has 0 fully saturated rings. The van der Waals surface area contributed by atoms with E-state index in [2.05, 4.69) is 4.98 Å². The molecule has 0 spiro atoms. The summed E-state index contributed by atoms with van der Waals surface area (Å²) in [5.41, 5.74) is 5.26. The Morgan fingerprint density at radius 2 is 2.42 bits per heavy atom. The van der Waals surface area contributed by atoms with Gasteiger partial charge in [-0.15, -0.1) is 0 Å². The molecule has 0 aliphatic rings. The lowest BCUT2D eigenvalue weighted by Gasteiger charge is -2.00. The number of nitrogens with two attached hydrogens (primary N) is 1. The predicted molar refractivity (Wildman–Crippen MR) is 42.1 cm³/mol. The second-order valence-corrected chi connectivity index (χ2v) is 2.60. The van der Waals surface area contributed by atoms with Gasteiger partial charge in [-0.3, -0.25) is 4.79 Å². The van der Waals surface area contributed by atoms with E-state index in [0.717, 1.165) is 0 Å². The monoisotopic (exact) mass is 188 g/mol. The third-order valence-electron chi connectivity index (χ3n) is 1.29. The minimum atomic E-state index is -0.782. The Morgan fingerprint density at radius 1 is 1.75 bits per heavy atom. The van der Waals surface area contributed by atoms with Crippen molar-refractivity contribution in [3.63, 3.8) is 0 Å². The summed E-state index contributed by atoms with van der Waals surface area (Å²) in [5.74, 6) is -1.34. The van der Waals surface area contributed by atoms with Crippen LogP contribution in [-0.4, -0.2) is 10.9 Å². The van der Waals surface area contributed by atoms with E-state index in [1.165, 1.54) is 12.3 Å². The van der Waals surface area contributed by atoms with Crippen molar-refractivity contribution in [3.8, 4) is 0 Å². The quantitative estimate of drug-likeness (QED) is 0.702. The fraction of sp³-hybridized carbons (Fsp3) is 0.143. The molecule has 0 saturated heterocycles. The highest BCUT2D eigenvalue weighted by atomic mass is 35.5. The van der Waals surface area contributed by atoms with Crippen LogP contribution in [0.1, 0.15) is 5.56 Å². The van der Waals surface area contributed by atoms with Gasteiger partial charge in [-0.25, -0.2) is 4.98 Å². The second kappa shape index (κ2) is 3.49.